The topological polar surface area (TPSA) is 68.4 Å². The lowest BCUT2D eigenvalue weighted by atomic mass is 10.2. The third kappa shape index (κ3) is 6.67. The molecule has 8 nitrogen and oxygen atoms in total. The Hall–Kier alpha value is -2.16. The molecule has 2 amide bonds. The number of benzene rings is 1. The van der Waals surface area contributed by atoms with Crippen LogP contribution in [0, 0.1) is 0 Å². The third-order valence-electron chi connectivity index (χ3n) is 6.68. The number of hydrogen-bond donors (Lipinski definition) is 1. The first-order valence-electron chi connectivity index (χ1n) is 12.1. The largest absolute Gasteiger partial charge is 0.378 e. The molecule has 176 valence electrons. The number of carbonyl (C=O) groups is 2. The van der Waals surface area contributed by atoms with Crippen LogP contribution in [0.1, 0.15) is 25.7 Å². The number of rotatable bonds is 6. The first-order valence-corrected chi connectivity index (χ1v) is 12.1. The van der Waals surface area contributed by atoms with Crippen molar-refractivity contribution in [2.75, 3.05) is 88.9 Å². The average molecular weight is 444 g/mol. The zero-order chi connectivity index (χ0) is 22.2. The highest BCUT2D eigenvalue weighted by atomic mass is 16.5. The van der Waals surface area contributed by atoms with Crippen LogP contribution < -0.4 is 10.2 Å². The van der Waals surface area contributed by atoms with E-state index in [-0.39, 0.29) is 11.8 Å². The van der Waals surface area contributed by atoms with Crippen LogP contribution in [-0.2, 0) is 14.3 Å². The summed E-state index contributed by atoms with van der Waals surface area (Å²) in [6, 6.07) is 8.25. The minimum atomic E-state index is 0.0189. The molecule has 0 unspecified atom stereocenters. The summed E-state index contributed by atoms with van der Waals surface area (Å²) in [4.78, 5) is 33.6. The molecule has 0 bridgehead atoms. The molecule has 1 aromatic rings. The van der Waals surface area contributed by atoms with E-state index < -0.39 is 0 Å². The fourth-order valence-electron chi connectivity index (χ4n) is 4.70. The van der Waals surface area contributed by atoms with Gasteiger partial charge in [0.15, 0.2) is 0 Å². The molecule has 8 heteroatoms. The first-order chi connectivity index (χ1) is 15.7. The van der Waals surface area contributed by atoms with Crippen LogP contribution in [0.5, 0.6) is 0 Å². The van der Waals surface area contributed by atoms with Crippen molar-refractivity contribution in [1.29, 1.82) is 0 Å². The number of nitrogens with zero attached hydrogens (tertiary/aromatic N) is 4. The highest BCUT2D eigenvalue weighted by Crippen LogP contribution is 2.21. The summed E-state index contributed by atoms with van der Waals surface area (Å²) in [7, 11) is 0. The quantitative estimate of drug-likeness (QED) is 0.719. The van der Waals surface area contributed by atoms with E-state index >= 15 is 0 Å². The smallest absolute Gasteiger partial charge is 0.238 e. The Balaban J connectivity index is 1.17. The Morgan fingerprint density at radius 2 is 1.34 bits per heavy atom. The van der Waals surface area contributed by atoms with Crippen LogP contribution in [0.2, 0.25) is 0 Å². The fraction of sp³-hybridized carbons (Fsp3) is 0.667. The molecule has 0 atom stereocenters. The first kappa shape index (κ1) is 23.0. The van der Waals surface area contributed by atoms with Crippen molar-refractivity contribution < 1.29 is 14.3 Å². The van der Waals surface area contributed by atoms with Crippen LogP contribution in [0.3, 0.4) is 0 Å². The van der Waals surface area contributed by atoms with Crippen molar-refractivity contribution in [1.82, 2.24) is 14.7 Å². The van der Waals surface area contributed by atoms with Gasteiger partial charge in [-0.25, -0.2) is 0 Å². The van der Waals surface area contributed by atoms with E-state index in [1.807, 2.05) is 17.0 Å². The maximum Gasteiger partial charge on any atom is 0.238 e. The molecule has 3 aliphatic heterocycles. The molecule has 0 radical (unpaired) electrons. The molecule has 1 aromatic carbocycles. The molecule has 0 spiro atoms. The van der Waals surface area contributed by atoms with Crippen molar-refractivity contribution >= 4 is 23.2 Å². The fourth-order valence-corrected chi connectivity index (χ4v) is 4.70. The highest BCUT2D eigenvalue weighted by Gasteiger charge is 2.23. The number of hydrogen-bond acceptors (Lipinski definition) is 6. The molecule has 3 saturated heterocycles. The molecule has 3 heterocycles. The molecule has 0 aliphatic carbocycles. The minimum absolute atomic E-state index is 0.0189. The van der Waals surface area contributed by atoms with Gasteiger partial charge in [0.1, 0.15) is 0 Å². The van der Waals surface area contributed by atoms with Gasteiger partial charge in [0, 0.05) is 63.7 Å². The van der Waals surface area contributed by atoms with E-state index in [2.05, 4.69) is 32.1 Å². The highest BCUT2D eigenvalue weighted by molar-refractivity contribution is 5.92. The maximum atomic E-state index is 12.5. The van der Waals surface area contributed by atoms with Crippen molar-refractivity contribution in [2.45, 2.75) is 25.7 Å². The number of morpholine rings is 1. The van der Waals surface area contributed by atoms with Crippen molar-refractivity contribution in [3.63, 3.8) is 0 Å². The SMILES string of the molecule is O=C(CN1CCN(CC(=O)N2CCOCC2)CC1)Nc1ccc(N2CCCCCC2)cc1. The molecular weight excluding hydrogens is 406 g/mol. The predicted octanol–water partition coefficient (Wildman–Crippen LogP) is 1.48. The van der Waals surface area contributed by atoms with Gasteiger partial charge in [-0.3, -0.25) is 19.4 Å². The van der Waals surface area contributed by atoms with Gasteiger partial charge in [-0.05, 0) is 37.1 Å². The van der Waals surface area contributed by atoms with E-state index in [0.717, 1.165) is 45.0 Å². The van der Waals surface area contributed by atoms with E-state index in [0.29, 0.717) is 39.4 Å². The van der Waals surface area contributed by atoms with E-state index in [4.69, 9.17) is 4.74 Å². The van der Waals surface area contributed by atoms with E-state index in [9.17, 15) is 9.59 Å². The Morgan fingerprint density at radius 1 is 0.750 bits per heavy atom. The number of carbonyl (C=O) groups excluding carboxylic acids is 2. The average Bonchev–Trinajstić information content (AvgIpc) is 3.11. The maximum absolute atomic E-state index is 12.5. The van der Waals surface area contributed by atoms with Gasteiger partial charge in [0.05, 0.1) is 26.3 Å². The number of anilines is 2. The zero-order valence-corrected chi connectivity index (χ0v) is 19.1. The number of amides is 2. The van der Waals surface area contributed by atoms with Gasteiger partial charge in [0.2, 0.25) is 11.8 Å². The summed E-state index contributed by atoms with van der Waals surface area (Å²) < 4.78 is 5.32. The van der Waals surface area contributed by atoms with Gasteiger partial charge in [-0.2, -0.15) is 0 Å². The van der Waals surface area contributed by atoms with Gasteiger partial charge >= 0.3 is 0 Å². The molecule has 32 heavy (non-hydrogen) atoms. The van der Waals surface area contributed by atoms with Crippen LogP contribution in [0.25, 0.3) is 0 Å². The summed E-state index contributed by atoms with van der Waals surface area (Å²) in [5.41, 5.74) is 2.09. The van der Waals surface area contributed by atoms with Gasteiger partial charge in [0.25, 0.3) is 0 Å². The normalized spacial score (nSPS) is 21.2. The van der Waals surface area contributed by atoms with Crippen LogP contribution in [0.4, 0.5) is 11.4 Å². The second kappa shape index (κ2) is 11.6. The molecule has 0 aromatic heterocycles. The van der Waals surface area contributed by atoms with Crippen molar-refractivity contribution in [2.24, 2.45) is 0 Å². The standard InChI is InChI=1S/C24H37N5O3/c30-23(25-21-5-7-22(8-6-21)28-9-3-1-2-4-10-28)19-26-11-13-27(14-12-26)20-24(31)29-15-17-32-18-16-29/h5-8H,1-4,9-20H2,(H,25,30). The second-order valence-corrected chi connectivity index (χ2v) is 9.04. The predicted molar refractivity (Wildman–Crippen MR) is 126 cm³/mol. The van der Waals surface area contributed by atoms with Crippen LogP contribution >= 0.6 is 0 Å². The Kier molecular flexibility index (Phi) is 8.36. The Bertz CT molecular complexity index is 735. The van der Waals surface area contributed by atoms with E-state index in [1.54, 1.807) is 0 Å². The summed E-state index contributed by atoms with van der Waals surface area (Å²) in [6.07, 6.45) is 5.16. The Morgan fingerprint density at radius 3 is 1.97 bits per heavy atom. The van der Waals surface area contributed by atoms with Crippen LogP contribution in [0.15, 0.2) is 24.3 Å². The summed E-state index contributed by atoms with van der Waals surface area (Å²) >= 11 is 0. The molecule has 4 rings (SSSR count). The lowest BCUT2D eigenvalue weighted by Gasteiger charge is -2.35. The lowest BCUT2D eigenvalue weighted by molar-refractivity contribution is -0.137. The number of ether oxygens (including phenoxy) is 1. The summed E-state index contributed by atoms with van der Waals surface area (Å²) in [5, 5.41) is 3.03. The molecular formula is C24H37N5O3. The Labute approximate surface area is 191 Å². The minimum Gasteiger partial charge on any atom is -0.378 e. The third-order valence-corrected chi connectivity index (χ3v) is 6.68. The van der Waals surface area contributed by atoms with Gasteiger partial charge in [-0.1, -0.05) is 12.8 Å². The second-order valence-electron chi connectivity index (χ2n) is 9.04. The molecule has 3 fully saturated rings. The lowest BCUT2D eigenvalue weighted by Crippen LogP contribution is -2.52. The molecule has 0 saturated carbocycles. The van der Waals surface area contributed by atoms with Crippen LogP contribution in [-0.4, -0.2) is 105 Å². The van der Waals surface area contributed by atoms with Crippen molar-refractivity contribution in [3.8, 4) is 0 Å². The van der Waals surface area contributed by atoms with Gasteiger partial charge < -0.3 is 19.9 Å². The number of piperazine rings is 1. The molecule has 3 aliphatic rings. The monoisotopic (exact) mass is 443 g/mol. The number of nitrogens with one attached hydrogen (secondary N) is 1. The van der Waals surface area contributed by atoms with E-state index in [1.165, 1.54) is 31.4 Å². The summed E-state index contributed by atoms with van der Waals surface area (Å²) in [6.45, 7) is 8.98. The zero-order valence-electron chi connectivity index (χ0n) is 19.1. The van der Waals surface area contributed by atoms with Crippen molar-refractivity contribution in [3.05, 3.63) is 24.3 Å². The summed E-state index contributed by atoms with van der Waals surface area (Å²) in [5.74, 6) is 0.202. The molecule has 1 N–H and O–H groups in total. The van der Waals surface area contributed by atoms with Gasteiger partial charge in [-0.15, -0.1) is 0 Å².